The number of hydrogen-bond donors (Lipinski definition) is 0. The third-order valence-corrected chi connectivity index (χ3v) is 3.52. The molecule has 1 aliphatic rings. The summed E-state index contributed by atoms with van der Waals surface area (Å²) in [4.78, 5) is 0. The Bertz CT molecular complexity index is 159. The molecule has 2 heteroatoms. The van der Waals surface area contributed by atoms with Crippen molar-refractivity contribution in [2.24, 2.45) is 0 Å². The summed E-state index contributed by atoms with van der Waals surface area (Å²) in [6.45, 7) is 3.20. The maximum atomic E-state index is 5.60. The van der Waals surface area contributed by atoms with Crippen LogP contribution in [0.3, 0.4) is 0 Å². The molecule has 0 aromatic rings. The van der Waals surface area contributed by atoms with Gasteiger partial charge in [0.2, 0.25) is 0 Å². The molecule has 1 heterocycles. The van der Waals surface area contributed by atoms with Gasteiger partial charge in [0.25, 0.3) is 0 Å². The minimum atomic E-state index is 0.433. The van der Waals surface area contributed by atoms with E-state index in [4.69, 9.17) is 4.74 Å². The molecule has 1 rings (SSSR count). The van der Waals surface area contributed by atoms with Crippen molar-refractivity contribution in [3.05, 3.63) is 9.66 Å². The van der Waals surface area contributed by atoms with Gasteiger partial charge in [-0.25, -0.2) is 0 Å². The Morgan fingerprint density at radius 1 is 1.54 bits per heavy atom. The molecule has 1 atom stereocenters. The highest BCUT2D eigenvalue weighted by Gasteiger charge is 2.17. The summed E-state index contributed by atoms with van der Waals surface area (Å²) in [5.41, 5.74) is 0. The van der Waals surface area contributed by atoms with Crippen LogP contribution in [0.2, 0.25) is 0 Å². The van der Waals surface area contributed by atoms with Crippen molar-refractivity contribution in [2.75, 3.05) is 6.61 Å². The molecule has 0 saturated carbocycles. The lowest BCUT2D eigenvalue weighted by Gasteiger charge is -2.07. The molecule has 0 amide bonds. The summed E-state index contributed by atoms with van der Waals surface area (Å²) < 4.78 is 7.02. The summed E-state index contributed by atoms with van der Waals surface area (Å²) >= 11 is 2.43. The molecule has 0 N–H and O–H groups in total. The summed E-state index contributed by atoms with van der Waals surface area (Å²) in [7, 11) is 0. The third-order valence-electron chi connectivity index (χ3n) is 2.38. The predicted molar refractivity (Wildman–Crippen MR) is 65.2 cm³/mol. The Kier molecular flexibility index (Phi) is 6.04. The van der Waals surface area contributed by atoms with Crippen LogP contribution in [-0.4, -0.2) is 12.7 Å². The van der Waals surface area contributed by atoms with E-state index < -0.39 is 0 Å². The van der Waals surface area contributed by atoms with Crippen LogP contribution >= 0.6 is 22.6 Å². The zero-order valence-electron chi connectivity index (χ0n) is 8.39. The molecule has 76 valence electrons. The zero-order chi connectivity index (χ0) is 9.52. The van der Waals surface area contributed by atoms with Crippen LogP contribution < -0.4 is 0 Å². The van der Waals surface area contributed by atoms with E-state index in [0.29, 0.717) is 6.10 Å². The molecule has 0 unspecified atom stereocenters. The molecular weight excluding hydrogens is 275 g/mol. The smallest absolute Gasteiger partial charge is 0.0879 e. The average Bonchev–Trinajstić information content (AvgIpc) is 2.65. The van der Waals surface area contributed by atoms with E-state index in [-0.39, 0.29) is 0 Å². The topological polar surface area (TPSA) is 9.23 Å². The van der Waals surface area contributed by atoms with Crippen molar-refractivity contribution >= 4 is 22.6 Å². The fourth-order valence-corrected chi connectivity index (χ4v) is 2.36. The highest BCUT2D eigenvalue weighted by atomic mass is 127. The zero-order valence-corrected chi connectivity index (χ0v) is 10.5. The first kappa shape index (κ1) is 11.5. The Morgan fingerprint density at radius 3 is 3.00 bits per heavy atom. The quantitative estimate of drug-likeness (QED) is 0.549. The fourth-order valence-electron chi connectivity index (χ4n) is 1.56. The van der Waals surface area contributed by atoms with Crippen LogP contribution in [-0.2, 0) is 4.74 Å². The molecule has 0 aromatic carbocycles. The van der Waals surface area contributed by atoms with Crippen LogP contribution in [0.25, 0.3) is 0 Å². The van der Waals surface area contributed by atoms with Gasteiger partial charge in [-0.2, -0.15) is 0 Å². The van der Waals surface area contributed by atoms with Crippen LogP contribution in [0.4, 0.5) is 0 Å². The average molecular weight is 294 g/mol. The van der Waals surface area contributed by atoms with Crippen LogP contribution in [0.15, 0.2) is 9.66 Å². The van der Waals surface area contributed by atoms with Gasteiger partial charge in [-0.05, 0) is 48.3 Å². The molecule has 0 spiro atoms. The second-order valence-electron chi connectivity index (χ2n) is 3.59. The lowest BCUT2D eigenvalue weighted by atomic mass is 10.1. The minimum absolute atomic E-state index is 0.433. The summed E-state index contributed by atoms with van der Waals surface area (Å²) in [6, 6.07) is 0. The van der Waals surface area contributed by atoms with E-state index in [0.717, 1.165) is 6.61 Å². The number of rotatable bonds is 5. The minimum Gasteiger partial charge on any atom is -0.373 e. The van der Waals surface area contributed by atoms with E-state index in [9.17, 15) is 0 Å². The van der Waals surface area contributed by atoms with Crippen molar-refractivity contribution in [2.45, 2.75) is 51.6 Å². The standard InChI is InChI=1S/C11H19IO/c1-2-3-4-5-7-10(12)11-8-6-9-13-11/h7,11H,2-6,8-9H2,1H3/b10-7-/t11-/m0/s1. The first-order chi connectivity index (χ1) is 6.34. The van der Waals surface area contributed by atoms with E-state index in [1.807, 2.05) is 0 Å². The number of ether oxygens (including phenoxy) is 1. The largest absolute Gasteiger partial charge is 0.373 e. The number of hydrogen-bond acceptors (Lipinski definition) is 1. The molecule has 1 fully saturated rings. The molecule has 0 aliphatic carbocycles. The van der Waals surface area contributed by atoms with E-state index >= 15 is 0 Å². The number of allylic oxidation sites excluding steroid dienone is 1. The third kappa shape index (κ3) is 4.45. The molecule has 13 heavy (non-hydrogen) atoms. The first-order valence-electron chi connectivity index (χ1n) is 5.31. The van der Waals surface area contributed by atoms with Crippen molar-refractivity contribution < 1.29 is 4.74 Å². The maximum absolute atomic E-state index is 5.60. The Morgan fingerprint density at radius 2 is 2.38 bits per heavy atom. The molecular formula is C11H19IO. The molecule has 1 aliphatic heterocycles. The Hall–Kier alpha value is 0.430. The fraction of sp³-hybridized carbons (Fsp3) is 0.818. The lowest BCUT2D eigenvalue weighted by molar-refractivity contribution is 0.144. The Labute approximate surface area is 95.1 Å². The van der Waals surface area contributed by atoms with Gasteiger partial charge in [0.15, 0.2) is 0 Å². The van der Waals surface area contributed by atoms with Crippen molar-refractivity contribution in [3.63, 3.8) is 0 Å². The number of unbranched alkanes of at least 4 members (excludes halogenated alkanes) is 3. The lowest BCUT2D eigenvalue weighted by Crippen LogP contribution is -2.03. The summed E-state index contributed by atoms with van der Waals surface area (Å²) in [5, 5.41) is 0. The molecule has 1 nitrogen and oxygen atoms in total. The second kappa shape index (κ2) is 6.82. The monoisotopic (exact) mass is 294 g/mol. The SMILES string of the molecule is CCCCC/C=C(\I)[C@@H]1CCCO1. The maximum Gasteiger partial charge on any atom is 0.0879 e. The normalized spacial score (nSPS) is 23.8. The highest BCUT2D eigenvalue weighted by Crippen LogP contribution is 2.25. The van der Waals surface area contributed by atoms with E-state index in [2.05, 4.69) is 35.6 Å². The highest BCUT2D eigenvalue weighted by molar-refractivity contribution is 14.1. The van der Waals surface area contributed by atoms with Crippen LogP contribution in [0.1, 0.15) is 45.4 Å². The van der Waals surface area contributed by atoms with Crippen molar-refractivity contribution in [1.82, 2.24) is 0 Å². The van der Waals surface area contributed by atoms with E-state index in [1.165, 1.54) is 42.1 Å². The van der Waals surface area contributed by atoms with E-state index in [1.54, 1.807) is 0 Å². The second-order valence-corrected chi connectivity index (χ2v) is 4.83. The van der Waals surface area contributed by atoms with Gasteiger partial charge in [-0.1, -0.05) is 25.8 Å². The van der Waals surface area contributed by atoms with Crippen LogP contribution in [0.5, 0.6) is 0 Å². The van der Waals surface area contributed by atoms with Gasteiger partial charge in [0.05, 0.1) is 6.10 Å². The first-order valence-corrected chi connectivity index (χ1v) is 6.39. The summed E-state index contributed by atoms with van der Waals surface area (Å²) in [5.74, 6) is 0. The number of halogens is 1. The van der Waals surface area contributed by atoms with Gasteiger partial charge >= 0.3 is 0 Å². The van der Waals surface area contributed by atoms with Gasteiger partial charge in [0.1, 0.15) is 0 Å². The molecule has 0 radical (unpaired) electrons. The van der Waals surface area contributed by atoms with Gasteiger partial charge in [-0.15, -0.1) is 0 Å². The van der Waals surface area contributed by atoms with Crippen molar-refractivity contribution in [1.29, 1.82) is 0 Å². The van der Waals surface area contributed by atoms with Crippen LogP contribution in [0, 0.1) is 0 Å². The van der Waals surface area contributed by atoms with Crippen molar-refractivity contribution in [3.8, 4) is 0 Å². The molecule has 0 bridgehead atoms. The van der Waals surface area contributed by atoms with Gasteiger partial charge < -0.3 is 4.74 Å². The Balaban J connectivity index is 2.16. The molecule has 1 saturated heterocycles. The summed E-state index contributed by atoms with van der Waals surface area (Å²) in [6.07, 6.45) is 10.5. The predicted octanol–water partition coefficient (Wildman–Crippen LogP) is 4.06. The van der Waals surface area contributed by atoms with Gasteiger partial charge in [0, 0.05) is 10.2 Å². The molecule has 0 aromatic heterocycles. The van der Waals surface area contributed by atoms with Gasteiger partial charge in [-0.3, -0.25) is 0 Å².